The lowest BCUT2D eigenvalue weighted by atomic mass is 9.87. The molecule has 4 aromatic rings. The number of unbranched alkanes of at least 4 members (excludes halogenated alkanes) is 4. The van der Waals surface area contributed by atoms with Crippen LogP contribution < -0.4 is 21.3 Å². The number of imidazole rings is 1. The Hall–Kier alpha value is -4.08. The second-order valence-corrected chi connectivity index (χ2v) is 12.8. The molecule has 0 atom stereocenters. The number of aromatic nitrogens is 2. The molecule has 1 saturated heterocycles. The van der Waals surface area contributed by atoms with Gasteiger partial charge in [0.15, 0.2) is 5.16 Å². The van der Waals surface area contributed by atoms with E-state index in [9.17, 15) is 9.59 Å². The maximum atomic E-state index is 13.6. The minimum absolute atomic E-state index is 0.194. The fourth-order valence-corrected chi connectivity index (χ4v) is 6.63. The fourth-order valence-electron chi connectivity index (χ4n) is 5.91. The van der Waals surface area contributed by atoms with Crippen LogP contribution in [0.4, 0.5) is 10.5 Å². The zero-order valence-electron chi connectivity index (χ0n) is 26.7. The van der Waals surface area contributed by atoms with E-state index in [2.05, 4.69) is 63.5 Å². The molecule has 9 heteroatoms. The fraction of sp³-hybridized carbons (Fsp3) is 0.378. The van der Waals surface area contributed by atoms with E-state index in [1.807, 2.05) is 42.5 Å². The lowest BCUT2D eigenvalue weighted by molar-refractivity contribution is 0.0957. The number of nitrogens with one attached hydrogen (secondary N) is 5. The summed E-state index contributed by atoms with van der Waals surface area (Å²) >= 11 is 1.57. The van der Waals surface area contributed by atoms with Crippen LogP contribution in [0.5, 0.6) is 0 Å². The number of carbonyl (C=O) groups is 2. The highest BCUT2D eigenvalue weighted by molar-refractivity contribution is 7.99. The van der Waals surface area contributed by atoms with E-state index in [0.717, 1.165) is 72.0 Å². The predicted octanol–water partition coefficient (Wildman–Crippen LogP) is 7.82. The van der Waals surface area contributed by atoms with E-state index in [-0.39, 0.29) is 17.9 Å². The monoisotopic (exact) mass is 638 g/mol. The second kappa shape index (κ2) is 17.6. The maximum Gasteiger partial charge on any atom is 0.319 e. The number of benzene rings is 3. The Kier molecular flexibility index (Phi) is 12.7. The number of hydrogen-bond donors (Lipinski definition) is 5. The third kappa shape index (κ3) is 9.23. The molecule has 5 rings (SSSR count). The van der Waals surface area contributed by atoms with E-state index in [1.165, 1.54) is 19.3 Å². The molecule has 46 heavy (non-hydrogen) atoms. The molecule has 0 spiro atoms. The van der Waals surface area contributed by atoms with Crippen LogP contribution in [0.15, 0.2) is 84.0 Å². The van der Waals surface area contributed by atoms with Crippen LogP contribution in [0.2, 0.25) is 0 Å². The quantitative estimate of drug-likeness (QED) is 0.0674. The van der Waals surface area contributed by atoms with Gasteiger partial charge in [-0.3, -0.25) is 4.79 Å². The molecule has 3 amide bonds. The van der Waals surface area contributed by atoms with Gasteiger partial charge in [0.25, 0.3) is 5.91 Å². The topological polar surface area (TPSA) is 111 Å². The van der Waals surface area contributed by atoms with Gasteiger partial charge in [-0.25, -0.2) is 9.78 Å². The Balaban J connectivity index is 1.23. The second-order valence-electron chi connectivity index (χ2n) is 11.7. The van der Waals surface area contributed by atoms with Gasteiger partial charge < -0.3 is 26.3 Å². The molecule has 1 aliphatic heterocycles. The van der Waals surface area contributed by atoms with Gasteiger partial charge in [-0.15, -0.1) is 0 Å². The summed E-state index contributed by atoms with van der Waals surface area (Å²) in [6.07, 6.45) is 7.58. The number of anilines is 1. The van der Waals surface area contributed by atoms with Gasteiger partial charge in [-0.05, 0) is 49.9 Å². The number of rotatable bonds is 15. The Bertz CT molecular complexity index is 1480. The third-order valence-electron chi connectivity index (χ3n) is 8.34. The SMILES string of the molecule is CCCCCCCNC(=O)Nc1c(C(=O)NCCSc2nc(-c3ccccc3)c(-c3ccccc3)[nH]2)cccc1C1CCNCC1. The van der Waals surface area contributed by atoms with Gasteiger partial charge in [0.1, 0.15) is 0 Å². The van der Waals surface area contributed by atoms with Gasteiger partial charge in [0.2, 0.25) is 0 Å². The number of piperidine rings is 1. The predicted molar refractivity (Wildman–Crippen MR) is 190 cm³/mol. The van der Waals surface area contributed by atoms with Crippen molar-refractivity contribution >= 4 is 29.4 Å². The Morgan fingerprint density at radius 2 is 1.54 bits per heavy atom. The number of para-hydroxylation sites is 1. The molecule has 0 radical (unpaired) electrons. The normalized spacial score (nSPS) is 13.3. The molecular weight excluding hydrogens is 593 g/mol. The van der Waals surface area contributed by atoms with Crippen LogP contribution >= 0.6 is 11.8 Å². The highest BCUT2D eigenvalue weighted by Crippen LogP contribution is 2.34. The average Bonchev–Trinajstić information content (AvgIpc) is 3.54. The van der Waals surface area contributed by atoms with Crippen molar-refractivity contribution in [1.82, 2.24) is 25.9 Å². The Labute approximate surface area is 277 Å². The van der Waals surface area contributed by atoms with Crippen molar-refractivity contribution in [2.75, 3.05) is 37.2 Å². The van der Waals surface area contributed by atoms with Gasteiger partial charge >= 0.3 is 6.03 Å². The molecular formula is C37H46N6O2S. The highest BCUT2D eigenvalue weighted by Gasteiger charge is 2.24. The molecule has 1 aliphatic rings. The van der Waals surface area contributed by atoms with E-state index in [1.54, 1.807) is 17.8 Å². The third-order valence-corrected chi connectivity index (χ3v) is 9.22. The maximum absolute atomic E-state index is 13.6. The van der Waals surface area contributed by atoms with E-state index in [0.29, 0.717) is 30.1 Å². The standard InChI is InChI=1S/C37H46N6O2S/c1-2-3-4-5-12-22-40-36(45)41-34-30(27-20-23-38-24-21-27)18-13-19-31(34)35(44)39-25-26-46-37-42-32(28-14-8-6-9-15-28)33(43-37)29-16-10-7-11-17-29/h6-11,13-19,27,38H,2-5,12,20-26H2,1H3,(H,39,44)(H,42,43)(H2,40,41,45). The van der Waals surface area contributed by atoms with Crippen LogP contribution in [0.25, 0.3) is 22.5 Å². The summed E-state index contributed by atoms with van der Waals surface area (Å²) < 4.78 is 0. The van der Waals surface area contributed by atoms with Crippen molar-refractivity contribution in [2.45, 2.75) is 62.9 Å². The number of nitrogens with zero attached hydrogens (tertiary/aromatic N) is 1. The first-order valence-corrected chi connectivity index (χ1v) is 17.6. The summed E-state index contributed by atoms with van der Waals surface area (Å²) in [6, 6.07) is 25.9. The first-order valence-electron chi connectivity index (χ1n) is 16.6. The molecule has 2 heterocycles. The lowest BCUT2D eigenvalue weighted by Crippen LogP contribution is -2.33. The number of hydrogen-bond acceptors (Lipinski definition) is 5. The van der Waals surface area contributed by atoms with Crippen molar-refractivity contribution in [3.05, 3.63) is 90.0 Å². The Morgan fingerprint density at radius 1 is 0.826 bits per heavy atom. The van der Waals surface area contributed by atoms with Crippen LogP contribution in [0.3, 0.4) is 0 Å². The molecule has 0 bridgehead atoms. The van der Waals surface area contributed by atoms with Crippen LogP contribution in [-0.4, -0.2) is 53.8 Å². The smallest absolute Gasteiger partial charge is 0.319 e. The van der Waals surface area contributed by atoms with Gasteiger partial charge in [-0.1, -0.05) is 117 Å². The number of carbonyl (C=O) groups excluding carboxylic acids is 2. The number of urea groups is 1. The molecule has 242 valence electrons. The zero-order chi connectivity index (χ0) is 32.0. The van der Waals surface area contributed by atoms with Gasteiger partial charge in [-0.2, -0.15) is 0 Å². The summed E-state index contributed by atoms with van der Waals surface area (Å²) in [7, 11) is 0. The molecule has 0 unspecified atom stereocenters. The Morgan fingerprint density at radius 3 is 2.28 bits per heavy atom. The van der Waals surface area contributed by atoms with Crippen molar-refractivity contribution in [1.29, 1.82) is 0 Å². The average molecular weight is 639 g/mol. The molecule has 1 fully saturated rings. The first kappa shape index (κ1) is 33.3. The van der Waals surface area contributed by atoms with Crippen LogP contribution in [0.1, 0.15) is 73.7 Å². The van der Waals surface area contributed by atoms with Crippen LogP contribution in [-0.2, 0) is 0 Å². The summed E-state index contributed by atoms with van der Waals surface area (Å²) in [5, 5.41) is 13.4. The van der Waals surface area contributed by atoms with Crippen molar-refractivity contribution in [2.24, 2.45) is 0 Å². The molecule has 5 N–H and O–H groups in total. The van der Waals surface area contributed by atoms with E-state index in [4.69, 9.17) is 4.98 Å². The van der Waals surface area contributed by atoms with Crippen molar-refractivity contribution in [3.8, 4) is 22.5 Å². The van der Waals surface area contributed by atoms with Crippen molar-refractivity contribution in [3.63, 3.8) is 0 Å². The molecule has 0 aliphatic carbocycles. The minimum atomic E-state index is -0.261. The largest absolute Gasteiger partial charge is 0.351 e. The van der Waals surface area contributed by atoms with E-state index < -0.39 is 0 Å². The van der Waals surface area contributed by atoms with Gasteiger partial charge in [0, 0.05) is 30.0 Å². The van der Waals surface area contributed by atoms with Crippen molar-refractivity contribution < 1.29 is 9.59 Å². The lowest BCUT2D eigenvalue weighted by Gasteiger charge is -2.26. The minimum Gasteiger partial charge on any atom is -0.351 e. The molecule has 1 aromatic heterocycles. The van der Waals surface area contributed by atoms with Crippen LogP contribution in [0, 0.1) is 0 Å². The molecule has 8 nitrogen and oxygen atoms in total. The highest BCUT2D eigenvalue weighted by atomic mass is 32.2. The summed E-state index contributed by atoms with van der Waals surface area (Å²) in [6.45, 7) is 5.11. The first-order chi connectivity index (χ1) is 22.6. The number of amides is 3. The zero-order valence-corrected chi connectivity index (χ0v) is 27.6. The van der Waals surface area contributed by atoms with Gasteiger partial charge in [0.05, 0.1) is 22.6 Å². The molecule has 0 saturated carbocycles. The number of aromatic amines is 1. The summed E-state index contributed by atoms with van der Waals surface area (Å²) in [5.41, 5.74) is 6.14. The number of thioether (sulfide) groups is 1. The molecule has 3 aromatic carbocycles. The summed E-state index contributed by atoms with van der Waals surface area (Å²) in [4.78, 5) is 35.0. The van der Waals surface area contributed by atoms with E-state index >= 15 is 0 Å². The summed E-state index contributed by atoms with van der Waals surface area (Å²) in [5.74, 6) is 0.725. The number of H-pyrrole nitrogens is 1.